The van der Waals surface area contributed by atoms with Gasteiger partial charge in [-0.3, -0.25) is 10.1 Å². The molecule has 0 bridgehead atoms. The van der Waals surface area contributed by atoms with Crippen LogP contribution in [0.2, 0.25) is 5.02 Å². The van der Waals surface area contributed by atoms with Crippen LogP contribution in [-0.2, 0) is 0 Å². The Hall–Kier alpha value is -3.04. The zero-order chi connectivity index (χ0) is 17.7. The molecule has 0 radical (unpaired) electrons. The van der Waals surface area contributed by atoms with Crippen LogP contribution in [0.15, 0.2) is 36.4 Å². The van der Waals surface area contributed by atoms with Gasteiger partial charge in [-0.25, -0.2) is 0 Å². The lowest BCUT2D eigenvalue weighted by molar-refractivity contribution is -0.386. The molecule has 1 N–H and O–H groups in total. The Bertz CT molecular complexity index is 856. The lowest BCUT2D eigenvalue weighted by atomic mass is 10.0. The number of ether oxygens (including phenoxy) is 1. The third-order valence-corrected chi connectivity index (χ3v) is 3.50. The maximum atomic E-state index is 11.1. The molecular formula is C17H13ClN2O4. The quantitative estimate of drug-likeness (QED) is 0.375. The number of allylic oxidation sites excluding steroid dienone is 1. The minimum Gasteiger partial charge on any atom is -0.500 e. The van der Waals surface area contributed by atoms with Crippen LogP contribution in [0.25, 0.3) is 11.6 Å². The molecule has 24 heavy (non-hydrogen) atoms. The first kappa shape index (κ1) is 17.3. The highest BCUT2D eigenvalue weighted by Gasteiger charge is 2.20. The summed E-state index contributed by atoms with van der Waals surface area (Å²) in [6.07, 6.45) is 1.45. The molecule has 0 fully saturated rings. The van der Waals surface area contributed by atoms with Gasteiger partial charge in [0.2, 0.25) is 5.75 Å². The minimum absolute atomic E-state index is 0.0191. The number of nitrogens with zero attached hydrogens (tertiary/aromatic N) is 2. The van der Waals surface area contributed by atoms with Gasteiger partial charge in [-0.2, -0.15) is 5.26 Å². The van der Waals surface area contributed by atoms with E-state index in [-0.39, 0.29) is 17.9 Å². The molecule has 0 amide bonds. The molecule has 0 heterocycles. The predicted molar refractivity (Wildman–Crippen MR) is 90.9 cm³/mol. The summed E-state index contributed by atoms with van der Waals surface area (Å²) in [6, 6.07) is 11.4. The Kier molecular flexibility index (Phi) is 5.40. The third-order valence-electron chi connectivity index (χ3n) is 3.17. The van der Waals surface area contributed by atoms with Crippen LogP contribution >= 0.6 is 11.6 Å². The molecule has 0 unspecified atom stereocenters. The van der Waals surface area contributed by atoms with Crippen LogP contribution in [0.3, 0.4) is 0 Å². The topological polar surface area (TPSA) is 96.4 Å². The second-order valence-corrected chi connectivity index (χ2v) is 5.13. The molecule has 0 atom stereocenters. The highest BCUT2D eigenvalue weighted by Crippen LogP contribution is 2.38. The monoisotopic (exact) mass is 344 g/mol. The summed E-state index contributed by atoms with van der Waals surface area (Å²) in [7, 11) is 0. The van der Waals surface area contributed by atoms with Gasteiger partial charge in [0.05, 0.1) is 23.2 Å². The number of phenolic OH excluding ortho intramolecular Hbond substituents is 1. The van der Waals surface area contributed by atoms with Crippen LogP contribution in [0, 0.1) is 21.4 Å². The van der Waals surface area contributed by atoms with E-state index in [4.69, 9.17) is 16.3 Å². The van der Waals surface area contributed by atoms with Gasteiger partial charge >= 0.3 is 5.69 Å². The lowest BCUT2D eigenvalue weighted by Gasteiger charge is -2.08. The Morgan fingerprint density at radius 2 is 2.17 bits per heavy atom. The number of nitro benzene ring substituents is 1. The van der Waals surface area contributed by atoms with Crippen molar-refractivity contribution in [2.24, 2.45) is 0 Å². The van der Waals surface area contributed by atoms with Crippen molar-refractivity contribution in [3.63, 3.8) is 0 Å². The SMILES string of the molecule is CCOc1cc(C=C(C#N)c2ccccc2Cl)cc([N+](=O)[O-])c1O. The largest absolute Gasteiger partial charge is 0.500 e. The van der Waals surface area contributed by atoms with Crippen molar-refractivity contribution in [2.45, 2.75) is 6.92 Å². The van der Waals surface area contributed by atoms with E-state index >= 15 is 0 Å². The van der Waals surface area contributed by atoms with Crippen molar-refractivity contribution in [2.75, 3.05) is 6.61 Å². The minimum atomic E-state index is -0.712. The number of phenols is 1. The number of nitro groups is 1. The molecule has 122 valence electrons. The predicted octanol–water partition coefficient (Wildman–Crippen LogP) is 4.42. The summed E-state index contributed by atoms with van der Waals surface area (Å²) in [6.45, 7) is 1.92. The van der Waals surface area contributed by atoms with Crippen molar-refractivity contribution < 1.29 is 14.8 Å². The van der Waals surface area contributed by atoms with Crippen molar-refractivity contribution in [1.29, 1.82) is 5.26 Å². The van der Waals surface area contributed by atoms with Gasteiger partial charge < -0.3 is 9.84 Å². The molecule has 6 nitrogen and oxygen atoms in total. The fraction of sp³-hybridized carbons (Fsp3) is 0.118. The molecule has 0 aromatic heterocycles. The van der Waals surface area contributed by atoms with Gasteiger partial charge in [0.25, 0.3) is 0 Å². The van der Waals surface area contributed by atoms with Gasteiger partial charge in [0.15, 0.2) is 5.75 Å². The van der Waals surface area contributed by atoms with Crippen molar-refractivity contribution in [3.05, 3.63) is 62.7 Å². The third kappa shape index (κ3) is 3.65. The molecule has 0 spiro atoms. The van der Waals surface area contributed by atoms with Crippen molar-refractivity contribution in [1.82, 2.24) is 0 Å². The fourth-order valence-corrected chi connectivity index (χ4v) is 2.36. The summed E-state index contributed by atoms with van der Waals surface area (Å²) in [5.41, 5.74) is 0.599. The number of halogens is 1. The van der Waals surface area contributed by atoms with Gasteiger partial charge in [0, 0.05) is 16.7 Å². The first-order valence-electron chi connectivity index (χ1n) is 6.98. The second-order valence-electron chi connectivity index (χ2n) is 4.73. The van der Waals surface area contributed by atoms with E-state index < -0.39 is 16.4 Å². The Morgan fingerprint density at radius 1 is 1.46 bits per heavy atom. The molecule has 2 rings (SSSR count). The maximum Gasteiger partial charge on any atom is 0.315 e. The summed E-state index contributed by atoms with van der Waals surface area (Å²) in [5, 5.41) is 30.8. The average molecular weight is 345 g/mol. The number of hydrogen-bond donors (Lipinski definition) is 1. The van der Waals surface area contributed by atoms with Crippen molar-refractivity contribution >= 4 is 28.9 Å². The normalized spacial score (nSPS) is 11.0. The second kappa shape index (κ2) is 7.49. The van der Waals surface area contributed by atoms with Gasteiger partial charge in [-0.15, -0.1) is 0 Å². The van der Waals surface area contributed by atoms with Crippen molar-refractivity contribution in [3.8, 4) is 17.6 Å². The molecule has 0 aliphatic carbocycles. The zero-order valence-electron chi connectivity index (χ0n) is 12.7. The highest BCUT2D eigenvalue weighted by molar-refractivity contribution is 6.32. The molecule has 2 aromatic rings. The van der Waals surface area contributed by atoms with Crippen LogP contribution in [0.1, 0.15) is 18.1 Å². The maximum absolute atomic E-state index is 11.1. The van der Waals surface area contributed by atoms with Crippen LogP contribution < -0.4 is 4.74 Å². The Balaban J connectivity index is 2.61. The summed E-state index contributed by atoms with van der Waals surface area (Å²) < 4.78 is 5.22. The highest BCUT2D eigenvalue weighted by atomic mass is 35.5. The molecule has 7 heteroatoms. The first-order valence-corrected chi connectivity index (χ1v) is 7.36. The van der Waals surface area contributed by atoms with E-state index in [0.717, 1.165) is 0 Å². The molecule has 2 aromatic carbocycles. The lowest BCUT2D eigenvalue weighted by Crippen LogP contribution is -1.96. The smallest absolute Gasteiger partial charge is 0.315 e. The number of hydrogen-bond acceptors (Lipinski definition) is 5. The van der Waals surface area contributed by atoms with Crippen LogP contribution in [0.5, 0.6) is 11.5 Å². The van der Waals surface area contributed by atoms with Gasteiger partial charge in [-0.05, 0) is 30.7 Å². The number of benzene rings is 2. The average Bonchev–Trinajstić information content (AvgIpc) is 2.56. The van der Waals surface area contributed by atoms with Crippen LogP contribution in [-0.4, -0.2) is 16.6 Å². The molecule has 0 saturated heterocycles. The number of nitriles is 1. The van der Waals surface area contributed by atoms with E-state index in [9.17, 15) is 20.5 Å². The molecule has 0 aliphatic rings. The first-order chi connectivity index (χ1) is 11.5. The van der Waals surface area contributed by atoms with Gasteiger partial charge in [-0.1, -0.05) is 29.8 Å². The molecule has 0 saturated carbocycles. The number of rotatable bonds is 5. The standard InChI is InChI=1S/C17H13ClN2O4/c1-2-24-16-9-11(8-15(17(16)21)20(22)23)7-12(10-19)13-5-3-4-6-14(13)18/h3-9,21H,2H2,1H3. The molecular weight excluding hydrogens is 332 g/mol. The molecule has 0 aliphatic heterocycles. The van der Waals surface area contributed by atoms with E-state index in [1.807, 2.05) is 6.07 Å². The van der Waals surface area contributed by atoms with E-state index in [2.05, 4.69) is 0 Å². The van der Waals surface area contributed by atoms with E-state index in [1.54, 1.807) is 31.2 Å². The van der Waals surface area contributed by atoms with E-state index in [0.29, 0.717) is 16.1 Å². The summed E-state index contributed by atoms with van der Waals surface area (Å²) in [5.74, 6) is -0.565. The fourth-order valence-electron chi connectivity index (χ4n) is 2.12. The van der Waals surface area contributed by atoms with Gasteiger partial charge in [0.1, 0.15) is 0 Å². The van der Waals surface area contributed by atoms with Crippen LogP contribution in [0.4, 0.5) is 5.69 Å². The Labute approximate surface area is 143 Å². The zero-order valence-corrected chi connectivity index (χ0v) is 13.4. The Morgan fingerprint density at radius 3 is 2.75 bits per heavy atom. The summed E-state index contributed by atoms with van der Waals surface area (Å²) >= 11 is 6.09. The number of aromatic hydroxyl groups is 1. The van der Waals surface area contributed by atoms with E-state index in [1.165, 1.54) is 18.2 Å². The summed E-state index contributed by atoms with van der Waals surface area (Å²) in [4.78, 5) is 10.4.